The number of hydrogen-bond acceptors (Lipinski definition) is 3. The minimum atomic E-state index is 0. The molecule has 5 heavy (non-hydrogen) atoms. The SMILES string of the molecule is [B]ON=O.[Ti]. The van der Waals surface area contributed by atoms with Gasteiger partial charge in [-0.1, -0.05) is 0 Å². The Bertz CT molecular complexity index is 23.6. The first-order valence-electron chi connectivity index (χ1n) is 0.601. The topological polar surface area (TPSA) is 38.7 Å². The van der Waals surface area contributed by atoms with E-state index < -0.39 is 0 Å². The van der Waals surface area contributed by atoms with Crippen LogP contribution in [0.15, 0.2) is 5.34 Å². The van der Waals surface area contributed by atoms with Gasteiger partial charge in [-0.2, -0.15) is 0 Å². The average molecular weight is 105 g/mol. The Morgan fingerprint density at radius 3 is 2.00 bits per heavy atom. The third-order valence-corrected chi connectivity index (χ3v) is 0.0430. The fourth-order valence-electron chi connectivity index (χ4n) is 0. The zero-order valence-corrected chi connectivity index (χ0v) is 3.90. The molecule has 0 aliphatic heterocycles. The first kappa shape index (κ1) is 8.95. The summed E-state index contributed by atoms with van der Waals surface area (Å²) in [6.07, 6.45) is 0. The van der Waals surface area contributed by atoms with E-state index >= 15 is 0 Å². The summed E-state index contributed by atoms with van der Waals surface area (Å²) in [6.45, 7) is 0. The molecule has 0 rings (SSSR count). The van der Waals surface area contributed by atoms with Crippen molar-refractivity contribution in [3.63, 3.8) is 0 Å². The monoisotopic (exact) mass is 105 g/mol. The van der Waals surface area contributed by atoms with Gasteiger partial charge in [-0.3, -0.25) is 0 Å². The summed E-state index contributed by atoms with van der Waals surface area (Å²) in [4.78, 5) is 8.58. The Morgan fingerprint density at radius 2 is 2.00 bits per heavy atom. The standard InChI is InChI=1S/BNO2.Ti/c1-4-2-3;. The summed E-state index contributed by atoms with van der Waals surface area (Å²) in [7, 11) is 4.05. The van der Waals surface area contributed by atoms with Crippen LogP contribution in [-0.4, -0.2) is 8.05 Å². The van der Waals surface area contributed by atoms with Gasteiger partial charge in [0, 0.05) is 21.7 Å². The first-order valence-corrected chi connectivity index (χ1v) is 0.601. The van der Waals surface area contributed by atoms with Crippen molar-refractivity contribution in [2.75, 3.05) is 0 Å². The van der Waals surface area contributed by atoms with Crippen molar-refractivity contribution in [1.29, 1.82) is 0 Å². The molecule has 0 spiro atoms. The van der Waals surface area contributed by atoms with Crippen LogP contribution in [0.3, 0.4) is 0 Å². The quantitative estimate of drug-likeness (QED) is 0.262. The van der Waals surface area contributed by atoms with Crippen molar-refractivity contribution < 1.29 is 26.5 Å². The molecule has 3 nitrogen and oxygen atoms in total. The van der Waals surface area contributed by atoms with E-state index in [2.05, 4.69) is 12.8 Å². The van der Waals surface area contributed by atoms with Gasteiger partial charge in [-0.05, 0) is 0 Å². The van der Waals surface area contributed by atoms with E-state index in [4.69, 9.17) is 4.91 Å². The smallest absolute Gasteiger partial charge is 0.424 e. The largest absolute Gasteiger partial charge is 0.450 e. The second kappa shape index (κ2) is 8.89. The summed E-state index contributed by atoms with van der Waals surface area (Å²) in [5.74, 6) is 0. The molecule has 0 aromatic carbocycles. The molecule has 5 heteroatoms. The molecule has 0 bridgehead atoms. The molecule has 0 aromatic rings. The number of rotatable bonds is 1. The van der Waals surface area contributed by atoms with Crippen LogP contribution in [0.1, 0.15) is 0 Å². The Hall–Kier alpha value is 0.179. The Morgan fingerprint density at radius 1 is 1.80 bits per heavy atom. The fourth-order valence-corrected chi connectivity index (χ4v) is 0. The zero-order valence-electron chi connectivity index (χ0n) is 2.34. The van der Waals surface area contributed by atoms with Gasteiger partial charge in [0.1, 0.15) is 5.34 Å². The molecule has 0 fully saturated rings. The molecule has 0 aromatic heterocycles. The summed E-state index contributed by atoms with van der Waals surface area (Å²) >= 11 is 0. The van der Waals surface area contributed by atoms with Gasteiger partial charge in [0.2, 0.25) is 0 Å². The van der Waals surface area contributed by atoms with Crippen molar-refractivity contribution in [1.82, 2.24) is 0 Å². The van der Waals surface area contributed by atoms with Gasteiger partial charge in [-0.25, -0.2) is 0 Å². The van der Waals surface area contributed by atoms with E-state index in [9.17, 15) is 0 Å². The molecule has 2 radical (unpaired) electrons. The van der Waals surface area contributed by atoms with Crippen LogP contribution < -0.4 is 0 Å². The van der Waals surface area contributed by atoms with E-state index in [-0.39, 0.29) is 21.7 Å². The summed E-state index contributed by atoms with van der Waals surface area (Å²) in [5.41, 5.74) is 0. The molecular weight excluding hydrogens is 105 g/mol. The second-order valence-electron chi connectivity index (χ2n) is 0.180. The normalized spacial score (nSPS) is 4.00. The van der Waals surface area contributed by atoms with Crippen LogP contribution in [0.2, 0.25) is 0 Å². The molecular formula is BNO2Ti. The summed E-state index contributed by atoms with van der Waals surface area (Å²) < 4.78 is 3.11. The Kier molecular flexibility index (Phi) is 15.9. The molecule has 0 unspecified atom stereocenters. The van der Waals surface area contributed by atoms with Crippen LogP contribution in [0.5, 0.6) is 0 Å². The van der Waals surface area contributed by atoms with Crippen molar-refractivity contribution in [2.24, 2.45) is 5.34 Å². The molecule has 0 aliphatic carbocycles. The molecule has 24 valence electrons. The van der Waals surface area contributed by atoms with Crippen LogP contribution in [0.4, 0.5) is 0 Å². The average Bonchev–Trinajstić information content (AvgIpc) is 1.37. The van der Waals surface area contributed by atoms with E-state index in [1.807, 2.05) is 0 Å². The minimum Gasteiger partial charge on any atom is -0.450 e. The number of hydrogen-bond donors (Lipinski definition) is 0. The maximum atomic E-state index is 8.58. The molecule has 0 aliphatic rings. The minimum absolute atomic E-state index is 0. The summed E-state index contributed by atoms with van der Waals surface area (Å²) in [5, 5.41) is 1.76. The van der Waals surface area contributed by atoms with Crippen LogP contribution in [0, 0.1) is 4.91 Å². The van der Waals surface area contributed by atoms with Crippen LogP contribution in [0.25, 0.3) is 0 Å². The van der Waals surface area contributed by atoms with E-state index in [0.717, 1.165) is 0 Å². The van der Waals surface area contributed by atoms with E-state index in [1.165, 1.54) is 0 Å². The second-order valence-corrected chi connectivity index (χ2v) is 0.180. The van der Waals surface area contributed by atoms with Gasteiger partial charge < -0.3 is 4.76 Å². The van der Waals surface area contributed by atoms with Gasteiger partial charge in [0.15, 0.2) is 0 Å². The summed E-state index contributed by atoms with van der Waals surface area (Å²) in [6, 6.07) is 0. The maximum absolute atomic E-state index is 8.58. The first-order chi connectivity index (χ1) is 1.91. The van der Waals surface area contributed by atoms with Crippen molar-refractivity contribution in [2.45, 2.75) is 0 Å². The van der Waals surface area contributed by atoms with Crippen molar-refractivity contribution in [3.8, 4) is 0 Å². The molecule has 0 heterocycles. The molecule has 0 saturated carbocycles. The van der Waals surface area contributed by atoms with Gasteiger partial charge in [0.05, 0.1) is 0 Å². The number of nitrogens with zero attached hydrogens (tertiary/aromatic N) is 1. The third kappa shape index (κ3) is 14.3. The van der Waals surface area contributed by atoms with E-state index in [0.29, 0.717) is 0 Å². The predicted molar refractivity (Wildman–Crippen MR) is 12.6 cm³/mol. The zero-order chi connectivity index (χ0) is 3.41. The van der Waals surface area contributed by atoms with Crippen molar-refractivity contribution >= 4 is 8.05 Å². The molecule has 0 atom stereocenters. The molecule has 0 saturated heterocycles. The predicted octanol–water partition coefficient (Wildman–Crippen LogP) is -0.235. The van der Waals surface area contributed by atoms with Crippen LogP contribution >= 0.6 is 0 Å². The third-order valence-electron chi connectivity index (χ3n) is 0.0430. The Labute approximate surface area is 45.3 Å². The van der Waals surface area contributed by atoms with Gasteiger partial charge in [-0.15, -0.1) is 4.91 Å². The molecule has 0 N–H and O–H groups in total. The van der Waals surface area contributed by atoms with Gasteiger partial charge >= 0.3 is 8.05 Å². The maximum Gasteiger partial charge on any atom is 0.424 e. The van der Waals surface area contributed by atoms with E-state index in [1.54, 1.807) is 5.34 Å². The molecule has 0 amide bonds. The van der Waals surface area contributed by atoms with Gasteiger partial charge in [0.25, 0.3) is 0 Å². The van der Waals surface area contributed by atoms with Crippen molar-refractivity contribution in [3.05, 3.63) is 4.91 Å². The van der Waals surface area contributed by atoms with Crippen LogP contribution in [-0.2, 0) is 26.5 Å². The fraction of sp³-hybridized carbons (Fsp3) is 0. The Balaban J connectivity index is 0.